The van der Waals surface area contributed by atoms with Crippen molar-refractivity contribution in [3.63, 3.8) is 0 Å². The van der Waals surface area contributed by atoms with E-state index >= 15 is 0 Å². The topological polar surface area (TPSA) is 60.9 Å². The number of carboxylic acid groups (broad SMARTS) is 1. The predicted octanol–water partition coefficient (Wildman–Crippen LogP) is 1.78. The summed E-state index contributed by atoms with van der Waals surface area (Å²) in [7, 11) is 0. The van der Waals surface area contributed by atoms with Crippen molar-refractivity contribution in [3.05, 3.63) is 0 Å². The number of hydrogen-bond acceptors (Lipinski definition) is 2. The molecule has 0 aromatic heterocycles. The molecule has 0 aromatic carbocycles. The number of aliphatic carboxylic acids is 1. The Morgan fingerprint density at radius 1 is 1.06 bits per heavy atom. The second-order valence-electron chi connectivity index (χ2n) is 5.36. The van der Waals surface area contributed by atoms with E-state index in [1.54, 1.807) is 0 Å². The molecule has 2 heterocycles. The van der Waals surface area contributed by atoms with E-state index in [1.165, 1.54) is 0 Å². The molecule has 2 amide bonds. The lowest BCUT2D eigenvalue weighted by Gasteiger charge is -2.35. The second-order valence-corrected chi connectivity index (χ2v) is 5.36. The molecule has 1 N–H and O–H groups in total. The Bertz CT molecular complexity index is 313. The minimum atomic E-state index is -0.738. The maximum atomic E-state index is 12.2. The molecule has 2 fully saturated rings. The van der Waals surface area contributed by atoms with E-state index < -0.39 is 5.97 Å². The van der Waals surface area contributed by atoms with E-state index in [0.29, 0.717) is 12.3 Å². The third kappa shape index (κ3) is 3.37. The summed E-state index contributed by atoms with van der Waals surface area (Å²) < 4.78 is 0. The number of rotatable bonds is 3. The van der Waals surface area contributed by atoms with E-state index in [1.807, 2.05) is 9.80 Å². The maximum absolute atomic E-state index is 12.2. The third-order valence-corrected chi connectivity index (χ3v) is 3.93. The third-order valence-electron chi connectivity index (χ3n) is 3.93. The monoisotopic (exact) mass is 254 g/mol. The molecule has 0 aliphatic carbocycles. The molecule has 0 radical (unpaired) electrons. The molecule has 0 saturated carbocycles. The molecule has 2 saturated heterocycles. The fourth-order valence-electron chi connectivity index (χ4n) is 2.91. The maximum Gasteiger partial charge on any atom is 0.320 e. The molecule has 5 nitrogen and oxygen atoms in total. The summed E-state index contributed by atoms with van der Waals surface area (Å²) in [4.78, 5) is 26.6. The molecule has 0 spiro atoms. The van der Waals surface area contributed by atoms with Crippen LogP contribution in [0.15, 0.2) is 0 Å². The first kappa shape index (κ1) is 13.2. The van der Waals surface area contributed by atoms with Crippen LogP contribution < -0.4 is 0 Å². The highest BCUT2D eigenvalue weighted by Crippen LogP contribution is 2.22. The van der Waals surface area contributed by atoms with Gasteiger partial charge in [0, 0.05) is 32.6 Å². The molecule has 0 aromatic rings. The molecular weight excluding hydrogens is 232 g/mol. The van der Waals surface area contributed by atoms with Gasteiger partial charge in [0.15, 0.2) is 0 Å². The number of carbonyl (C=O) groups is 2. The zero-order valence-corrected chi connectivity index (χ0v) is 10.8. The fourth-order valence-corrected chi connectivity index (χ4v) is 2.91. The Labute approximate surface area is 108 Å². The van der Waals surface area contributed by atoms with E-state index in [4.69, 9.17) is 5.11 Å². The summed E-state index contributed by atoms with van der Waals surface area (Å²) in [5.41, 5.74) is 0. The Balaban J connectivity index is 1.81. The van der Waals surface area contributed by atoms with Gasteiger partial charge in [0.2, 0.25) is 0 Å². The molecule has 0 bridgehead atoms. The molecule has 5 heteroatoms. The molecule has 18 heavy (non-hydrogen) atoms. The lowest BCUT2D eigenvalue weighted by molar-refractivity contribution is -0.137. The van der Waals surface area contributed by atoms with Gasteiger partial charge in [-0.15, -0.1) is 0 Å². The van der Waals surface area contributed by atoms with Crippen molar-refractivity contribution in [2.45, 2.75) is 38.5 Å². The first-order chi connectivity index (χ1) is 8.66. The SMILES string of the molecule is O=C(O)CCC1CCCN(C(=O)N2CCCC2)C1. The van der Waals surface area contributed by atoms with Gasteiger partial charge in [0.25, 0.3) is 0 Å². The summed E-state index contributed by atoms with van der Waals surface area (Å²) in [6.07, 6.45) is 5.19. The van der Waals surface area contributed by atoms with Crippen LogP contribution in [-0.4, -0.2) is 53.1 Å². The molecule has 2 aliphatic rings. The normalized spacial score (nSPS) is 24.3. The first-order valence-electron chi connectivity index (χ1n) is 6.92. The average Bonchev–Trinajstić information content (AvgIpc) is 2.89. The van der Waals surface area contributed by atoms with Crippen LogP contribution in [0, 0.1) is 5.92 Å². The number of carbonyl (C=O) groups excluding carboxylic acids is 1. The minimum Gasteiger partial charge on any atom is -0.481 e. The molecule has 2 rings (SSSR count). The summed E-state index contributed by atoms with van der Waals surface area (Å²) >= 11 is 0. The van der Waals surface area contributed by atoms with Gasteiger partial charge in [-0.25, -0.2) is 4.79 Å². The van der Waals surface area contributed by atoms with Crippen LogP contribution in [0.1, 0.15) is 38.5 Å². The zero-order chi connectivity index (χ0) is 13.0. The smallest absolute Gasteiger partial charge is 0.320 e. The van der Waals surface area contributed by atoms with Gasteiger partial charge >= 0.3 is 12.0 Å². The van der Waals surface area contributed by atoms with Crippen molar-refractivity contribution in [2.24, 2.45) is 5.92 Å². The van der Waals surface area contributed by atoms with Crippen LogP contribution in [0.2, 0.25) is 0 Å². The van der Waals surface area contributed by atoms with E-state index in [-0.39, 0.29) is 12.5 Å². The first-order valence-corrected chi connectivity index (χ1v) is 6.92. The fraction of sp³-hybridized carbons (Fsp3) is 0.846. The molecule has 102 valence electrons. The van der Waals surface area contributed by atoms with Crippen LogP contribution in [0.4, 0.5) is 4.79 Å². The van der Waals surface area contributed by atoms with Gasteiger partial charge in [-0.2, -0.15) is 0 Å². The van der Waals surface area contributed by atoms with Gasteiger partial charge in [0.1, 0.15) is 0 Å². The van der Waals surface area contributed by atoms with Crippen LogP contribution in [0.25, 0.3) is 0 Å². The quantitative estimate of drug-likeness (QED) is 0.835. The van der Waals surface area contributed by atoms with Crippen LogP contribution in [-0.2, 0) is 4.79 Å². The molecule has 2 aliphatic heterocycles. The van der Waals surface area contributed by atoms with E-state index in [2.05, 4.69) is 0 Å². The minimum absolute atomic E-state index is 0.160. The van der Waals surface area contributed by atoms with Crippen LogP contribution in [0.3, 0.4) is 0 Å². The van der Waals surface area contributed by atoms with Crippen molar-refractivity contribution >= 4 is 12.0 Å². The van der Waals surface area contributed by atoms with Gasteiger partial charge in [0.05, 0.1) is 0 Å². The lowest BCUT2D eigenvalue weighted by atomic mass is 9.93. The van der Waals surface area contributed by atoms with E-state index in [9.17, 15) is 9.59 Å². The summed E-state index contributed by atoms with van der Waals surface area (Å²) in [6, 6.07) is 0.160. The lowest BCUT2D eigenvalue weighted by Crippen LogP contribution is -2.46. The summed E-state index contributed by atoms with van der Waals surface area (Å²) in [5.74, 6) is -0.376. The largest absolute Gasteiger partial charge is 0.481 e. The molecule has 1 atom stereocenters. The van der Waals surface area contributed by atoms with E-state index in [0.717, 1.165) is 51.9 Å². The Morgan fingerprint density at radius 2 is 1.72 bits per heavy atom. The Hall–Kier alpha value is -1.26. The Morgan fingerprint density at radius 3 is 2.39 bits per heavy atom. The van der Waals surface area contributed by atoms with Crippen molar-refractivity contribution in [2.75, 3.05) is 26.2 Å². The molecule has 1 unspecified atom stereocenters. The van der Waals surface area contributed by atoms with Crippen LogP contribution in [0.5, 0.6) is 0 Å². The summed E-state index contributed by atoms with van der Waals surface area (Å²) in [6.45, 7) is 3.34. The van der Waals surface area contributed by atoms with Gasteiger partial charge < -0.3 is 14.9 Å². The van der Waals surface area contributed by atoms with Crippen molar-refractivity contribution in [3.8, 4) is 0 Å². The number of hydrogen-bond donors (Lipinski definition) is 1. The highest BCUT2D eigenvalue weighted by molar-refractivity contribution is 5.74. The summed E-state index contributed by atoms with van der Waals surface area (Å²) in [5, 5.41) is 8.70. The highest BCUT2D eigenvalue weighted by Gasteiger charge is 2.28. The Kier molecular flexibility index (Phi) is 4.44. The number of carboxylic acids is 1. The standard InChI is InChI=1S/C13H22N2O3/c16-12(17)6-5-11-4-3-9-15(10-11)13(18)14-7-1-2-8-14/h11H,1-10H2,(H,16,17). The number of amides is 2. The van der Waals surface area contributed by atoms with Crippen molar-refractivity contribution in [1.29, 1.82) is 0 Å². The van der Waals surface area contributed by atoms with Crippen molar-refractivity contribution < 1.29 is 14.7 Å². The number of nitrogens with zero attached hydrogens (tertiary/aromatic N) is 2. The number of piperidine rings is 1. The van der Waals surface area contributed by atoms with Gasteiger partial charge in [-0.1, -0.05) is 0 Å². The predicted molar refractivity (Wildman–Crippen MR) is 67.4 cm³/mol. The number of likely N-dealkylation sites (tertiary alicyclic amines) is 2. The van der Waals surface area contributed by atoms with Crippen molar-refractivity contribution in [1.82, 2.24) is 9.80 Å². The van der Waals surface area contributed by atoms with Gasteiger partial charge in [-0.3, -0.25) is 4.79 Å². The second kappa shape index (κ2) is 6.07. The van der Waals surface area contributed by atoms with Crippen LogP contribution >= 0.6 is 0 Å². The number of urea groups is 1. The van der Waals surface area contributed by atoms with Gasteiger partial charge in [-0.05, 0) is 38.0 Å². The average molecular weight is 254 g/mol. The molecular formula is C13H22N2O3. The zero-order valence-electron chi connectivity index (χ0n) is 10.8. The highest BCUT2D eigenvalue weighted by atomic mass is 16.4.